The second kappa shape index (κ2) is 3.25. The number of aryl methyl sites for hydroxylation is 1. The highest BCUT2D eigenvalue weighted by Gasteiger charge is 2.18. The third-order valence-electron chi connectivity index (χ3n) is 1.78. The Morgan fingerprint density at radius 1 is 1.75 bits per heavy atom. The fraction of sp³-hybridized carbons (Fsp3) is 0.625. The van der Waals surface area contributed by atoms with E-state index < -0.39 is 5.60 Å². The molecule has 1 heterocycles. The summed E-state index contributed by atoms with van der Waals surface area (Å²) in [5.41, 5.74) is 5.57. The van der Waals surface area contributed by atoms with Gasteiger partial charge >= 0.3 is 0 Å². The van der Waals surface area contributed by atoms with Gasteiger partial charge in [0.05, 0.1) is 11.8 Å². The minimum Gasteiger partial charge on any atom is -0.389 e. The summed E-state index contributed by atoms with van der Waals surface area (Å²) in [6.07, 6.45) is 4.17. The Morgan fingerprint density at radius 2 is 2.42 bits per heavy atom. The molecule has 0 aliphatic heterocycles. The molecule has 0 spiro atoms. The molecule has 4 heteroatoms. The van der Waals surface area contributed by atoms with E-state index in [9.17, 15) is 5.11 Å². The van der Waals surface area contributed by atoms with Gasteiger partial charge in [0.1, 0.15) is 0 Å². The van der Waals surface area contributed by atoms with Gasteiger partial charge in [-0.1, -0.05) is 0 Å². The van der Waals surface area contributed by atoms with Gasteiger partial charge < -0.3 is 10.8 Å². The zero-order valence-corrected chi connectivity index (χ0v) is 7.49. The monoisotopic (exact) mass is 169 g/mol. The number of aromatic nitrogens is 2. The average molecular weight is 169 g/mol. The molecular weight excluding hydrogens is 154 g/mol. The number of nitrogens with two attached hydrogens (primary N) is 1. The Labute approximate surface area is 72.0 Å². The predicted octanol–water partition coefficient (Wildman–Crippen LogP) is -0.328. The van der Waals surface area contributed by atoms with Crippen molar-refractivity contribution in [1.29, 1.82) is 0 Å². The second-order valence-corrected chi connectivity index (χ2v) is 3.40. The summed E-state index contributed by atoms with van der Waals surface area (Å²) in [6, 6.07) is 0. The molecule has 1 rings (SSSR count). The van der Waals surface area contributed by atoms with E-state index in [1.165, 1.54) is 0 Å². The van der Waals surface area contributed by atoms with Crippen molar-refractivity contribution in [3.63, 3.8) is 0 Å². The van der Waals surface area contributed by atoms with Crippen molar-refractivity contribution in [3.8, 4) is 0 Å². The summed E-state index contributed by atoms with van der Waals surface area (Å²) in [5.74, 6) is 0. The molecule has 1 atom stereocenters. The highest BCUT2D eigenvalue weighted by molar-refractivity contribution is 5.07. The van der Waals surface area contributed by atoms with Crippen LogP contribution in [0.25, 0.3) is 0 Å². The first-order valence-corrected chi connectivity index (χ1v) is 3.93. The van der Waals surface area contributed by atoms with Gasteiger partial charge in [0, 0.05) is 26.2 Å². The van der Waals surface area contributed by atoms with Crippen molar-refractivity contribution >= 4 is 0 Å². The summed E-state index contributed by atoms with van der Waals surface area (Å²) in [6.45, 7) is 1.99. The first-order valence-electron chi connectivity index (χ1n) is 3.93. The molecule has 0 aliphatic rings. The molecular formula is C8H15N3O. The highest BCUT2D eigenvalue weighted by atomic mass is 16.3. The van der Waals surface area contributed by atoms with Gasteiger partial charge in [-0.2, -0.15) is 5.10 Å². The summed E-state index contributed by atoms with van der Waals surface area (Å²) in [7, 11) is 1.85. The zero-order valence-electron chi connectivity index (χ0n) is 7.49. The van der Waals surface area contributed by atoms with Crippen LogP contribution in [0.3, 0.4) is 0 Å². The maximum absolute atomic E-state index is 9.62. The molecule has 1 unspecified atom stereocenters. The van der Waals surface area contributed by atoms with Gasteiger partial charge in [0.2, 0.25) is 0 Å². The molecule has 0 radical (unpaired) electrons. The highest BCUT2D eigenvalue weighted by Crippen LogP contribution is 2.10. The first-order chi connectivity index (χ1) is 5.53. The molecule has 68 valence electrons. The van der Waals surface area contributed by atoms with E-state index in [4.69, 9.17) is 5.73 Å². The quantitative estimate of drug-likeness (QED) is 0.651. The van der Waals surface area contributed by atoms with Gasteiger partial charge in [0.15, 0.2) is 0 Å². The standard InChI is InChI=1S/C8H15N3O/c1-8(12,6-9)3-7-4-10-11(2)5-7/h4-5,12H,3,6,9H2,1-2H3. The third-order valence-corrected chi connectivity index (χ3v) is 1.78. The smallest absolute Gasteiger partial charge is 0.0782 e. The van der Waals surface area contributed by atoms with Crippen LogP contribution in [0.2, 0.25) is 0 Å². The van der Waals surface area contributed by atoms with Crippen molar-refractivity contribution in [2.24, 2.45) is 12.8 Å². The molecule has 0 saturated heterocycles. The van der Waals surface area contributed by atoms with Crippen LogP contribution in [0.4, 0.5) is 0 Å². The van der Waals surface area contributed by atoms with Gasteiger partial charge in [0.25, 0.3) is 0 Å². The topological polar surface area (TPSA) is 64.1 Å². The fourth-order valence-corrected chi connectivity index (χ4v) is 1.08. The Kier molecular flexibility index (Phi) is 2.49. The lowest BCUT2D eigenvalue weighted by Crippen LogP contribution is -2.36. The van der Waals surface area contributed by atoms with Gasteiger partial charge in [-0.05, 0) is 12.5 Å². The SMILES string of the molecule is Cn1cc(CC(C)(O)CN)cn1. The predicted molar refractivity (Wildman–Crippen MR) is 46.6 cm³/mol. The van der Waals surface area contributed by atoms with Crippen molar-refractivity contribution in [1.82, 2.24) is 9.78 Å². The van der Waals surface area contributed by atoms with Crippen LogP contribution in [0.1, 0.15) is 12.5 Å². The Morgan fingerprint density at radius 3 is 2.83 bits per heavy atom. The molecule has 3 N–H and O–H groups in total. The van der Waals surface area contributed by atoms with Crippen LogP contribution in [0.5, 0.6) is 0 Å². The molecule has 1 aromatic rings. The number of rotatable bonds is 3. The normalized spacial score (nSPS) is 16.0. The van der Waals surface area contributed by atoms with E-state index in [0.717, 1.165) is 5.56 Å². The molecule has 1 aromatic heterocycles. The van der Waals surface area contributed by atoms with Crippen LogP contribution in [-0.4, -0.2) is 27.0 Å². The van der Waals surface area contributed by atoms with E-state index in [1.807, 2.05) is 13.2 Å². The van der Waals surface area contributed by atoms with E-state index in [2.05, 4.69) is 5.10 Å². The lowest BCUT2D eigenvalue weighted by atomic mass is 9.99. The maximum atomic E-state index is 9.62. The molecule has 0 aliphatic carbocycles. The molecule has 12 heavy (non-hydrogen) atoms. The van der Waals surface area contributed by atoms with Crippen molar-refractivity contribution < 1.29 is 5.11 Å². The molecule has 0 bridgehead atoms. The number of hydrogen-bond acceptors (Lipinski definition) is 3. The largest absolute Gasteiger partial charge is 0.389 e. The molecule has 0 amide bonds. The molecule has 0 aromatic carbocycles. The van der Waals surface area contributed by atoms with Crippen LogP contribution in [0.15, 0.2) is 12.4 Å². The Bertz CT molecular complexity index is 255. The van der Waals surface area contributed by atoms with Crippen LogP contribution >= 0.6 is 0 Å². The average Bonchev–Trinajstić information content (AvgIpc) is 2.35. The van der Waals surface area contributed by atoms with Gasteiger partial charge in [-0.15, -0.1) is 0 Å². The lowest BCUT2D eigenvalue weighted by molar-refractivity contribution is 0.0696. The Balaban J connectivity index is 2.63. The maximum Gasteiger partial charge on any atom is 0.0782 e. The summed E-state index contributed by atoms with van der Waals surface area (Å²) in [5, 5.41) is 13.6. The minimum absolute atomic E-state index is 0.266. The summed E-state index contributed by atoms with van der Waals surface area (Å²) < 4.78 is 1.71. The van der Waals surface area contributed by atoms with Crippen LogP contribution < -0.4 is 5.73 Å². The van der Waals surface area contributed by atoms with E-state index in [1.54, 1.807) is 17.8 Å². The third kappa shape index (κ3) is 2.32. The summed E-state index contributed by atoms with van der Waals surface area (Å²) >= 11 is 0. The first kappa shape index (κ1) is 9.22. The molecule has 0 fully saturated rings. The number of hydrogen-bond donors (Lipinski definition) is 2. The number of aliphatic hydroxyl groups is 1. The summed E-state index contributed by atoms with van der Waals surface area (Å²) in [4.78, 5) is 0. The van der Waals surface area contributed by atoms with E-state index in [-0.39, 0.29) is 6.54 Å². The van der Waals surface area contributed by atoms with E-state index in [0.29, 0.717) is 6.42 Å². The van der Waals surface area contributed by atoms with Crippen molar-refractivity contribution in [2.45, 2.75) is 18.9 Å². The Hall–Kier alpha value is -0.870. The lowest BCUT2D eigenvalue weighted by Gasteiger charge is -2.19. The van der Waals surface area contributed by atoms with Crippen molar-refractivity contribution in [3.05, 3.63) is 18.0 Å². The van der Waals surface area contributed by atoms with Gasteiger partial charge in [-0.3, -0.25) is 4.68 Å². The molecule has 0 saturated carbocycles. The minimum atomic E-state index is -0.816. The van der Waals surface area contributed by atoms with Gasteiger partial charge in [-0.25, -0.2) is 0 Å². The van der Waals surface area contributed by atoms with Crippen molar-refractivity contribution in [2.75, 3.05) is 6.54 Å². The van der Waals surface area contributed by atoms with Crippen LogP contribution in [-0.2, 0) is 13.5 Å². The zero-order chi connectivity index (χ0) is 9.19. The van der Waals surface area contributed by atoms with Crippen LogP contribution in [0, 0.1) is 0 Å². The molecule has 4 nitrogen and oxygen atoms in total. The second-order valence-electron chi connectivity index (χ2n) is 3.40. The van der Waals surface area contributed by atoms with E-state index >= 15 is 0 Å². The number of nitrogens with zero attached hydrogens (tertiary/aromatic N) is 2. The fourth-order valence-electron chi connectivity index (χ4n) is 1.08.